The smallest absolute Gasteiger partial charge is 0.333 e. The second-order valence-electron chi connectivity index (χ2n) is 12.0. The Morgan fingerprint density at radius 2 is 1.09 bits per heavy atom. The Morgan fingerprint density at radius 1 is 0.465 bits per heavy atom. The lowest BCUT2D eigenvalue weighted by molar-refractivity contribution is 0.686. The van der Waals surface area contributed by atoms with Crippen LogP contribution in [0.2, 0.25) is 0 Å². The van der Waals surface area contributed by atoms with Gasteiger partial charge in [-0.1, -0.05) is 97.1 Å². The van der Waals surface area contributed by atoms with Crippen LogP contribution in [0.4, 0.5) is 28.4 Å². The lowest BCUT2D eigenvalue weighted by atomic mass is 9.43. The molecular formula is C40H31BN2. The molecule has 3 heteroatoms. The predicted molar refractivity (Wildman–Crippen MR) is 182 cm³/mol. The highest BCUT2D eigenvalue weighted by Crippen LogP contribution is 2.48. The van der Waals surface area contributed by atoms with Crippen LogP contribution < -0.4 is 20.6 Å². The maximum Gasteiger partial charge on any atom is 0.333 e. The van der Waals surface area contributed by atoms with Crippen LogP contribution in [0.1, 0.15) is 24.0 Å². The number of nitrogens with zero attached hydrogens (tertiary/aromatic N) is 2. The molecule has 2 heterocycles. The first-order valence-corrected chi connectivity index (χ1v) is 15.5. The molecule has 0 spiro atoms. The van der Waals surface area contributed by atoms with E-state index in [1.807, 2.05) is 0 Å². The zero-order valence-electron chi connectivity index (χ0n) is 24.1. The van der Waals surface area contributed by atoms with Crippen LogP contribution in [0.3, 0.4) is 0 Å². The molecular weight excluding hydrogens is 519 g/mol. The molecule has 0 fully saturated rings. The van der Waals surface area contributed by atoms with Gasteiger partial charge in [-0.3, -0.25) is 0 Å². The SMILES string of the molecule is c1ccc(-c2cc3c(cc2N2B4c5ccccc5N(c5ccccc5)c5cccc(c54)-c4ccccc42)CCCC3)cc1. The van der Waals surface area contributed by atoms with Gasteiger partial charge in [-0.25, -0.2) is 0 Å². The summed E-state index contributed by atoms with van der Waals surface area (Å²) < 4.78 is 0. The van der Waals surface area contributed by atoms with Gasteiger partial charge in [0.25, 0.3) is 0 Å². The Labute approximate surface area is 254 Å². The molecule has 6 aromatic carbocycles. The average Bonchev–Trinajstić information content (AvgIpc) is 3.08. The molecule has 0 saturated heterocycles. The fourth-order valence-electron chi connectivity index (χ4n) is 7.74. The first-order chi connectivity index (χ1) is 21.4. The third-order valence-corrected chi connectivity index (χ3v) is 9.60. The zero-order chi connectivity index (χ0) is 28.3. The molecule has 0 saturated carbocycles. The third kappa shape index (κ3) is 3.74. The van der Waals surface area contributed by atoms with Crippen LogP contribution >= 0.6 is 0 Å². The lowest BCUT2D eigenvalue weighted by Gasteiger charge is -2.46. The molecule has 0 N–H and O–H groups in total. The van der Waals surface area contributed by atoms with E-state index in [1.54, 1.807) is 0 Å². The number of benzene rings is 6. The standard InChI is InChI=1S/C40H31BN2/c1-3-14-28(15-4-1)34-26-29-16-7-8-17-30(29)27-39(34)43-36-23-11-9-20-32(36)33-21-13-25-38-40(33)41(43)35-22-10-12-24-37(35)42(38)31-18-5-2-6-19-31/h1-6,9-15,18-27H,7-8,16-17H2. The van der Waals surface area contributed by atoms with Crippen LogP contribution in [0.25, 0.3) is 22.3 Å². The number of hydrogen-bond donors (Lipinski definition) is 0. The summed E-state index contributed by atoms with van der Waals surface area (Å²) >= 11 is 0. The Bertz CT molecular complexity index is 2000. The van der Waals surface area contributed by atoms with E-state index >= 15 is 0 Å². The van der Waals surface area contributed by atoms with E-state index in [0.29, 0.717) is 0 Å². The van der Waals surface area contributed by atoms with Gasteiger partial charge in [0.05, 0.1) is 0 Å². The minimum Gasteiger partial charge on any atom is -0.376 e. The fourth-order valence-corrected chi connectivity index (χ4v) is 7.74. The number of para-hydroxylation sites is 3. The summed E-state index contributed by atoms with van der Waals surface area (Å²) in [6.45, 7) is 0.0429. The predicted octanol–water partition coefficient (Wildman–Crippen LogP) is 8.94. The molecule has 0 unspecified atom stereocenters. The minimum absolute atomic E-state index is 0.0429. The van der Waals surface area contributed by atoms with Crippen molar-refractivity contribution < 1.29 is 0 Å². The topological polar surface area (TPSA) is 6.48 Å². The van der Waals surface area contributed by atoms with Crippen LogP contribution in [0.15, 0.2) is 140 Å². The Balaban J connectivity index is 1.38. The Kier molecular flexibility index (Phi) is 5.59. The van der Waals surface area contributed by atoms with Crippen molar-refractivity contribution in [2.45, 2.75) is 25.7 Å². The summed E-state index contributed by atoms with van der Waals surface area (Å²) in [5.41, 5.74) is 17.2. The molecule has 1 aliphatic carbocycles. The summed E-state index contributed by atoms with van der Waals surface area (Å²) in [6.07, 6.45) is 4.85. The first-order valence-electron chi connectivity index (χ1n) is 15.5. The molecule has 204 valence electrons. The number of anilines is 5. The van der Waals surface area contributed by atoms with E-state index in [9.17, 15) is 0 Å². The van der Waals surface area contributed by atoms with Crippen molar-refractivity contribution in [2.24, 2.45) is 0 Å². The van der Waals surface area contributed by atoms with Gasteiger partial charge in [0.15, 0.2) is 0 Å². The minimum atomic E-state index is 0.0429. The van der Waals surface area contributed by atoms with E-state index < -0.39 is 0 Å². The van der Waals surface area contributed by atoms with Crippen molar-refractivity contribution in [2.75, 3.05) is 9.71 Å². The van der Waals surface area contributed by atoms with Crippen molar-refractivity contribution in [3.63, 3.8) is 0 Å². The molecule has 6 aromatic rings. The molecule has 2 nitrogen and oxygen atoms in total. The Hall–Kier alpha value is -5.02. The quantitative estimate of drug-likeness (QED) is 0.203. The van der Waals surface area contributed by atoms with Gasteiger partial charge in [-0.05, 0) is 101 Å². The summed E-state index contributed by atoms with van der Waals surface area (Å²) in [5.74, 6) is 0. The molecule has 2 aliphatic heterocycles. The summed E-state index contributed by atoms with van der Waals surface area (Å²) in [7, 11) is 0. The highest BCUT2D eigenvalue weighted by atomic mass is 15.2. The second-order valence-corrected chi connectivity index (χ2v) is 12.0. The molecule has 9 rings (SSSR count). The van der Waals surface area contributed by atoms with Crippen molar-refractivity contribution in [1.82, 2.24) is 0 Å². The van der Waals surface area contributed by atoms with E-state index in [1.165, 1.54) is 85.6 Å². The number of aryl methyl sites for hydroxylation is 2. The van der Waals surface area contributed by atoms with Crippen LogP contribution in [-0.2, 0) is 12.8 Å². The van der Waals surface area contributed by atoms with Gasteiger partial charge >= 0.3 is 6.85 Å². The summed E-state index contributed by atoms with van der Waals surface area (Å²) in [4.78, 5) is 5.13. The monoisotopic (exact) mass is 550 g/mol. The van der Waals surface area contributed by atoms with Gasteiger partial charge in [-0.2, -0.15) is 0 Å². The second kappa shape index (κ2) is 9.78. The molecule has 3 aliphatic rings. The van der Waals surface area contributed by atoms with Crippen molar-refractivity contribution in [3.05, 3.63) is 151 Å². The first kappa shape index (κ1) is 24.6. The van der Waals surface area contributed by atoms with E-state index in [4.69, 9.17) is 0 Å². The maximum atomic E-state index is 2.67. The summed E-state index contributed by atoms with van der Waals surface area (Å²) in [6, 6.07) is 51.8. The summed E-state index contributed by atoms with van der Waals surface area (Å²) in [5, 5.41) is 0. The van der Waals surface area contributed by atoms with E-state index in [0.717, 1.165) is 12.8 Å². The van der Waals surface area contributed by atoms with Gasteiger partial charge in [0.1, 0.15) is 0 Å². The zero-order valence-corrected chi connectivity index (χ0v) is 24.1. The molecule has 0 atom stereocenters. The molecule has 0 aromatic heterocycles. The Morgan fingerprint density at radius 3 is 1.91 bits per heavy atom. The lowest BCUT2D eigenvalue weighted by Crippen LogP contribution is -2.61. The van der Waals surface area contributed by atoms with Crippen LogP contribution in [-0.4, -0.2) is 6.85 Å². The van der Waals surface area contributed by atoms with Gasteiger partial charge in [-0.15, -0.1) is 0 Å². The number of fused-ring (bicyclic) bond motifs is 5. The van der Waals surface area contributed by atoms with E-state index in [2.05, 4.69) is 149 Å². The fraction of sp³-hybridized carbons (Fsp3) is 0.100. The number of hydrogen-bond acceptors (Lipinski definition) is 2. The third-order valence-electron chi connectivity index (χ3n) is 9.60. The highest BCUT2D eigenvalue weighted by Gasteiger charge is 2.45. The molecule has 0 radical (unpaired) electrons. The maximum absolute atomic E-state index is 2.67. The molecule has 0 amide bonds. The van der Waals surface area contributed by atoms with Crippen molar-refractivity contribution in [1.29, 1.82) is 0 Å². The normalized spacial score (nSPS) is 14.5. The largest absolute Gasteiger partial charge is 0.376 e. The highest BCUT2D eigenvalue weighted by molar-refractivity contribution is 6.93. The van der Waals surface area contributed by atoms with Gasteiger partial charge < -0.3 is 9.71 Å². The average molecular weight is 551 g/mol. The van der Waals surface area contributed by atoms with Crippen LogP contribution in [0, 0.1) is 0 Å². The van der Waals surface area contributed by atoms with Gasteiger partial charge in [0, 0.05) is 39.6 Å². The van der Waals surface area contributed by atoms with Crippen molar-refractivity contribution >= 4 is 46.2 Å². The van der Waals surface area contributed by atoms with Crippen LogP contribution in [0.5, 0.6) is 0 Å². The molecule has 0 bridgehead atoms. The van der Waals surface area contributed by atoms with E-state index in [-0.39, 0.29) is 6.85 Å². The van der Waals surface area contributed by atoms with Gasteiger partial charge in [0.2, 0.25) is 0 Å². The molecule has 43 heavy (non-hydrogen) atoms. The number of rotatable bonds is 3. The van der Waals surface area contributed by atoms with Crippen molar-refractivity contribution in [3.8, 4) is 22.3 Å².